The lowest BCUT2D eigenvalue weighted by Crippen LogP contribution is -2.06. The molecule has 24 heavy (non-hydrogen) atoms. The fourth-order valence-electron chi connectivity index (χ4n) is 2.35. The van der Waals surface area contributed by atoms with Gasteiger partial charge in [-0.3, -0.25) is 0 Å². The molecule has 0 fully saturated rings. The molecule has 0 amide bonds. The number of ether oxygens (including phenoxy) is 4. The zero-order valence-corrected chi connectivity index (χ0v) is 14.3. The van der Waals surface area contributed by atoms with Crippen molar-refractivity contribution in [3.05, 3.63) is 48.0 Å². The van der Waals surface area contributed by atoms with Crippen molar-refractivity contribution in [3.63, 3.8) is 0 Å². The van der Waals surface area contributed by atoms with Gasteiger partial charge in [-0.15, -0.1) is 0 Å². The molecule has 0 saturated heterocycles. The van der Waals surface area contributed by atoms with Gasteiger partial charge in [0.15, 0.2) is 23.0 Å². The van der Waals surface area contributed by atoms with E-state index in [0.717, 1.165) is 5.56 Å². The quantitative estimate of drug-likeness (QED) is 0.760. The largest absolute Gasteiger partial charge is 0.493 e. The van der Waals surface area contributed by atoms with Crippen LogP contribution in [0.2, 0.25) is 0 Å². The number of benzene rings is 2. The van der Waals surface area contributed by atoms with Crippen molar-refractivity contribution in [3.8, 4) is 23.0 Å². The Morgan fingerprint density at radius 2 is 1.54 bits per heavy atom. The number of rotatable bonds is 9. The number of methoxy groups -OCH3 is 2. The highest BCUT2D eigenvalue weighted by molar-refractivity contribution is 5.43. The van der Waals surface area contributed by atoms with Crippen LogP contribution in [0.4, 0.5) is 0 Å². The Kier molecular flexibility index (Phi) is 6.75. The summed E-state index contributed by atoms with van der Waals surface area (Å²) in [6.45, 7) is 2.85. The SMILES string of the molecule is CCOc1ccc([C@@H](O)CCOc2ccccc2OC)cc1OC. The van der Waals surface area contributed by atoms with Crippen LogP contribution in [0, 0.1) is 0 Å². The van der Waals surface area contributed by atoms with Gasteiger partial charge < -0.3 is 24.1 Å². The zero-order valence-electron chi connectivity index (χ0n) is 14.3. The molecule has 0 saturated carbocycles. The van der Waals surface area contributed by atoms with Crippen LogP contribution in [0.3, 0.4) is 0 Å². The number of aliphatic hydroxyl groups excluding tert-OH is 1. The summed E-state index contributed by atoms with van der Waals surface area (Å²) in [6.07, 6.45) is -0.195. The molecule has 0 bridgehead atoms. The smallest absolute Gasteiger partial charge is 0.161 e. The van der Waals surface area contributed by atoms with E-state index in [9.17, 15) is 5.11 Å². The third kappa shape index (κ3) is 4.55. The van der Waals surface area contributed by atoms with Gasteiger partial charge in [0.25, 0.3) is 0 Å². The van der Waals surface area contributed by atoms with Gasteiger partial charge in [0.1, 0.15) is 0 Å². The molecule has 0 aromatic heterocycles. The maximum atomic E-state index is 10.4. The van der Waals surface area contributed by atoms with Crippen molar-refractivity contribution < 1.29 is 24.1 Å². The first kappa shape index (κ1) is 17.9. The molecule has 0 aliphatic heterocycles. The lowest BCUT2D eigenvalue weighted by molar-refractivity contribution is 0.139. The molecule has 2 aromatic carbocycles. The molecule has 0 radical (unpaired) electrons. The third-order valence-corrected chi connectivity index (χ3v) is 3.59. The van der Waals surface area contributed by atoms with E-state index < -0.39 is 6.10 Å². The number of hydrogen-bond donors (Lipinski definition) is 1. The molecule has 130 valence electrons. The van der Waals surface area contributed by atoms with Crippen molar-refractivity contribution in [1.29, 1.82) is 0 Å². The summed E-state index contributed by atoms with van der Waals surface area (Å²) >= 11 is 0. The minimum Gasteiger partial charge on any atom is -0.493 e. The van der Waals surface area contributed by atoms with Crippen LogP contribution in [0.25, 0.3) is 0 Å². The summed E-state index contributed by atoms with van der Waals surface area (Å²) in [4.78, 5) is 0. The summed E-state index contributed by atoms with van der Waals surface area (Å²) in [5, 5.41) is 10.4. The Labute approximate surface area is 142 Å². The molecule has 0 unspecified atom stereocenters. The molecule has 5 heteroatoms. The predicted octanol–water partition coefficient (Wildman–Crippen LogP) is 3.61. The van der Waals surface area contributed by atoms with E-state index in [1.54, 1.807) is 20.3 Å². The van der Waals surface area contributed by atoms with E-state index in [2.05, 4.69) is 0 Å². The summed E-state index contributed by atoms with van der Waals surface area (Å²) in [7, 11) is 3.18. The second-order valence-corrected chi connectivity index (χ2v) is 5.15. The van der Waals surface area contributed by atoms with Gasteiger partial charge >= 0.3 is 0 Å². The normalized spacial score (nSPS) is 11.7. The van der Waals surface area contributed by atoms with Crippen LogP contribution in [0.5, 0.6) is 23.0 Å². The lowest BCUT2D eigenvalue weighted by atomic mass is 10.1. The molecule has 1 N–H and O–H groups in total. The highest BCUT2D eigenvalue weighted by Gasteiger charge is 2.13. The van der Waals surface area contributed by atoms with Crippen LogP contribution in [0.15, 0.2) is 42.5 Å². The Bertz CT molecular complexity index is 641. The number of aliphatic hydroxyl groups is 1. The summed E-state index contributed by atoms with van der Waals surface area (Å²) in [5.41, 5.74) is 0.763. The van der Waals surface area contributed by atoms with Crippen LogP contribution in [0.1, 0.15) is 25.0 Å². The van der Waals surface area contributed by atoms with Gasteiger partial charge in [0.05, 0.1) is 33.5 Å². The van der Waals surface area contributed by atoms with Gasteiger partial charge in [0, 0.05) is 6.42 Å². The summed E-state index contributed by atoms with van der Waals surface area (Å²) in [5.74, 6) is 2.62. The van der Waals surface area contributed by atoms with E-state index in [4.69, 9.17) is 18.9 Å². The van der Waals surface area contributed by atoms with Crippen molar-refractivity contribution in [2.75, 3.05) is 27.4 Å². The van der Waals surface area contributed by atoms with Gasteiger partial charge in [-0.2, -0.15) is 0 Å². The third-order valence-electron chi connectivity index (χ3n) is 3.59. The predicted molar refractivity (Wildman–Crippen MR) is 92.2 cm³/mol. The van der Waals surface area contributed by atoms with Crippen LogP contribution in [-0.2, 0) is 0 Å². The second-order valence-electron chi connectivity index (χ2n) is 5.15. The first-order valence-electron chi connectivity index (χ1n) is 7.94. The van der Waals surface area contributed by atoms with Gasteiger partial charge in [-0.05, 0) is 36.8 Å². The molecular formula is C19H24O5. The van der Waals surface area contributed by atoms with Crippen LogP contribution < -0.4 is 18.9 Å². The number of hydrogen-bond acceptors (Lipinski definition) is 5. The maximum absolute atomic E-state index is 10.4. The Morgan fingerprint density at radius 3 is 2.21 bits per heavy atom. The highest BCUT2D eigenvalue weighted by Crippen LogP contribution is 2.31. The fourth-order valence-corrected chi connectivity index (χ4v) is 2.35. The van der Waals surface area contributed by atoms with Crippen molar-refractivity contribution in [2.24, 2.45) is 0 Å². The molecule has 2 aromatic rings. The molecule has 0 aliphatic rings. The first-order chi connectivity index (χ1) is 11.7. The van der Waals surface area contributed by atoms with Crippen LogP contribution in [-0.4, -0.2) is 32.5 Å². The molecule has 2 rings (SSSR count). The van der Waals surface area contributed by atoms with E-state index in [-0.39, 0.29) is 0 Å². The highest BCUT2D eigenvalue weighted by atomic mass is 16.5. The molecule has 1 atom stereocenters. The summed E-state index contributed by atoms with van der Waals surface area (Å²) in [6, 6.07) is 12.9. The summed E-state index contributed by atoms with van der Waals surface area (Å²) < 4.78 is 21.7. The van der Waals surface area contributed by atoms with Gasteiger partial charge in [-0.25, -0.2) is 0 Å². The molecule has 0 aliphatic carbocycles. The van der Waals surface area contributed by atoms with Crippen molar-refractivity contribution >= 4 is 0 Å². The number of para-hydroxylation sites is 2. The average Bonchev–Trinajstić information content (AvgIpc) is 2.62. The van der Waals surface area contributed by atoms with Crippen LogP contribution >= 0.6 is 0 Å². The standard InChI is InChI=1S/C19H24O5/c1-4-23-18-10-9-14(13-19(18)22-3)15(20)11-12-24-17-8-6-5-7-16(17)21-2/h5-10,13,15,20H,4,11-12H2,1-3H3/t15-/m0/s1. The van der Waals surface area contributed by atoms with Gasteiger partial charge in [0.2, 0.25) is 0 Å². The molecule has 0 heterocycles. The van der Waals surface area contributed by atoms with Crippen molar-refractivity contribution in [1.82, 2.24) is 0 Å². The zero-order chi connectivity index (χ0) is 17.4. The fraction of sp³-hybridized carbons (Fsp3) is 0.368. The molecule has 5 nitrogen and oxygen atoms in total. The molecule has 0 spiro atoms. The van der Waals surface area contributed by atoms with E-state index in [1.807, 2.05) is 43.3 Å². The van der Waals surface area contributed by atoms with E-state index in [1.165, 1.54) is 0 Å². The van der Waals surface area contributed by atoms with E-state index >= 15 is 0 Å². The lowest BCUT2D eigenvalue weighted by Gasteiger charge is -2.16. The first-order valence-corrected chi connectivity index (χ1v) is 7.94. The average molecular weight is 332 g/mol. The second kappa shape index (κ2) is 9.03. The Balaban J connectivity index is 1.96. The molecular weight excluding hydrogens is 308 g/mol. The minimum atomic E-state index is -0.649. The Hall–Kier alpha value is -2.40. The topological polar surface area (TPSA) is 57.2 Å². The van der Waals surface area contributed by atoms with Gasteiger partial charge in [-0.1, -0.05) is 18.2 Å². The minimum absolute atomic E-state index is 0.372. The Morgan fingerprint density at radius 1 is 0.875 bits per heavy atom. The van der Waals surface area contributed by atoms with E-state index in [0.29, 0.717) is 42.6 Å². The monoisotopic (exact) mass is 332 g/mol. The van der Waals surface area contributed by atoms with Crippen molar-refractivity contribution in [2.45, 2.75) is 19.4 Å². The maximum Gasteiger partial charge on any atom is 0.161 e.